The number of nitrogens with one attached hydrogen (secondary N) is 1. The molecule has 0 bridgehead atoms. The second-order valence-electron chi connectivity index (χ2n) is 2.02. The van der Waals surface area contributed by atoms with E-state index in [9.17, 15) is 4.79 Å². The Morgan fingerprint density at radius 2 is 2.27 bits per heavy atom. The maximum absolute atomic E-state index is 10.5. The van der Waals surface area contributed by atoms with E-state index in [4.69, 9.17) is 8.83 Å². The van der Waals surface area contributed by atoms with E-state index < -0.39 is 5.76 Å². The van der Waals surface area contributed by atoms with E-state index in [0.29, 0.717) is 11.5 Å². The van der Waals surface area contributed by atoms with Crippen LogP contribution >= 0.6 is 0 Å². The molecule has 2 heterocycles. The van der Waals surface area contributed by atoms with Crippen LogP contribution < -0.4 is 5.76 Å². The van der Waals surface area contributed by atoms with Gasteiger partial charge in [0.2, 0.25) is 0 Å². The third-order valence-electron chi connectivity index (χ3n) is 1.29. The lowest BCUT2D eigenvalue weighted by molar-refractivity contribution is 0.495. The fourth-order valence-corrected chi connectivity index (χ4v) is 0.823. The van der Waals surface area contributed by atoms with Crippen molar-refractivity contribution in [1.82, 2.24) is 4.98 Å². The Kier molecular flexibility index (Phi) is 1.18. The van der Waals surface area contributed by atoms with E-state index in [1.165, 1.54) is 12.5 Å². The molecule has 0 saturated carbocycles. The average molecular weight is 151 g/mol. The number of hydrogen-bond acceptors (Lipinski definition) is 3. The number of oxazole rings is 1. The van der Waals surface area contributed by atoms with Crippen molar-refractivity contribution in [3.05, 3.63) is 35.1 Å². The first kappa shape index (κ1) is 6.03. The summed E-state index contributed by atoms with van der Waals surface area (Å²) < 4.78 is 9.70. The molecule has 2 aromatic heterocycles. The normalized spacial score (nSPS) is 10.2. The van der Waals surface area contributed by atoms with Crippen LogP contribution in [0.4, 0.5) is 0 Å². The molecule has 0 aromatic carbocycles. The summed E-state index contributed by atoms with van der Waals surface area (Å²) in [5.74, 6) is 0.486. The van der Waals surface area contributed by atoms with E-state index in [1.54, 1.807) is 12.1 Å². The van der Waals surface area contributed by atoms with Crippen LogP contribution in [0, 0.1) is 0 Å². The van der Waals surface area contributed by atoms with Gasteiger partial charge in [-0.05, 0) is 12.1 Å². The quantitative estimate of drug-likeness (QED) is 0.666. The van der Waals surface area contributed by atoms with Crippen LogP contribution in [0.3, 0.4) is 0 Å². The highest BCUT2D eigenvalue weighted by Gasteiger charge is 2.03. The molecule has 0 radical (unpaired) electrons. The third kappa shape index (κ3) is 0.980. The van der Waals surface area contributed by atoms with E-state index in [1.807, 2.05) is 0 Å². The Morgan fingerprint density at radius 1 is 1.36 bits per heavy atom. The zero-order valence-electron chi connectivity index (χ0n) is 5.53. The summed E-state index contributed by atoms with van der Waals surface area (Å²) in [7, 11) is 0. The maximum atomic E-state index is 10.5. The Hall–Kier alpha value is -1.71. The molecule has 2 aromatic rings. The number of H-pyrrole nitrogens is 1. The fourth-order valence-electron chi connectivity index (χ4n) is 0.823. The molecule has 0 fully saturated rings. The van der Waals surface area contributed by atoms with Gasteiger partial charge in [-0.2, -0.15) is 0 Å². The molecule has 4 nitrogen and oxygen atoms in total. The number of rotatable bonds is 1. The van der Waals surface area contributed by atoms with Crippen molar-refractivity contribution < 1.29 is 8.83 Å². The van der Waals surface area contributed by atoms with Crippen LogP contribution in [0.15, 0.2) is 38.2 Å². The third-order valence-corrected chi connectivity index (χ3v) is 1.29. The minimum atomic E-state index is -0.476. The van der Waals surface area contributed by atoms with Crippen molar-refractivity contribution >= 4 is 0 Å². The van der Waals surface area contributed by atoms with Gasteiger partial charge in [0.05, 0.1) is 12.5 Å². The molecular weight excluding hydrogens is 146 g/mol. The first-order valence-corrected chi connectivity index (χ1v) is 3.08. The Balaban J connectivity index is 2.53. The van der Waals surface area contributed by atoms with E-state index >= 15 is 0 Å². The smallest absolute Gasteiger partial charge is 0.416 e. The average Bonchev–Trinajstić information content (AvgIpc) is 2.55. The first-order chi connectivity index (χ1) is 5.36. The van der Waals surface area contributed by atoms with Gasteiger partial charge in [0.15, 0.2) is 11.5 Å². The standard InChI is InChI=1S/C7H5NO3/c9-7-8-4-6(11-7)5-2-1-3-10-5/h1-4H,(H,8,9). The van der Waals surface area contributed by atoms with Gasteiger partial charge in [0, 0.05) is 0 Å². The molecule has 56 valence electrons. The predicted molar refractivity (Wildman–Crippen MR) is 37.0 cm³/mol. The highest BCUT2D eigenvalue weighted by molar-refractivity contribution is 5.46. The molecule has 11 heavy (non-hydrogen) atoms. The highest BCUT2D eigenvalue weighted by Crippen LogP contribution is 2.16. The second kappa shape index (κ2) is 2.16. The first-order valence-electron chi connectivity index (χ1n) is 3.08. The van der Waals surface area contributed by atoms with Crippen LogP contribution in [0.2, 0.25) is 0 Å². The molecule has 0 aliphatic carbocycles. The van der Waals surface area contributed by atoms with Gasteiger partial charge in [-0.1, -0.05) is 0 Å². The fraction of sp³-hybridized carbons (Fsp3) is 0. The summed E-state index contributed by atoms with van der Waals surface area (Å²) in [6.07, 6.45) is 2.98. The molecule has 0 spiro atoms. The van der Waals surface area contributed by atoms with Crippen LogP contribution in [-0.2, 0) is 0 Å². The predicted octanol–water partition coefficient (Wildman–Crippen LogP) is 1.23. The molecule has 0 saturated heterocycles. The van der Waals surface area contributed by atoms with Crippen LogP contribution in [0.5, 0.6) is 0 Å². The topological polar surface area (TPSA) is 59.1 Å². The lowest BCUT2D eigenvalue weighted by atomic mass is 10.4. The molecule has 1 N–H and O–H groups in total. The summed E-state index contributed by atoms with van der Waals surface area (Å²) in [4.78, 5) is 12.9. The Morgan fingerprint density at radius 3 is 2.82 bits per heavy atom. The molecule has 0 unspecified atom stereocenters. The van der Waals surface area contributed by atoms with Gasteiger partial charge in [-0.3, -0.25) is 4.98 Å². The molecule has 0 aliphatic rings. The van der Waals surface area contributed by atoms with E-state index in [0.717, 1.165) is 0 Å². The molecule has 2 rings (SSSR count). The number of hydrogen-bond donors (Lipinski definition) is 1. The SMILES string of the molecule is O=c1[nH]cc(-c2ccco2)o1. The largest absolute Gasteiger partial charge is 0.461 e. The van der Waals surface area contributed by atoms with Crippen molar-refractivity contribution in [2.75, 3.05) is 0 Å². The van der Waals surface area contributed by atoms with Gasteiger partial charge in [0.25, 0.3) is 0 Å². The summed E-state index contributed by atoms with van der Waals surface area (Å²) in [5, 5.41) is 0. The Labute approximate surface area is 61.5 Å². The van der Waals surface area contributed by atoms with E-state index in [-0.39, 0.29) is 0 Å². The van der Waals surface area contributed by atoms with Gasteiger partial charge < -0.3 is 8.83 Å². The Bertz CT molecular complexity index is 382. The second-order valence-corrected chi connectivity index (χ2v) is 2.02. The van der Waals surface area contributed by atoms with Crippen molar-refractivity contribution in [1.29, 1.82) is 0 Å². The van der Waals surface area contributed by atoms with Crippen molar-refractivity contribution in [2.24, 2.45) is 0 Å². The lowest BCUT2D eigenvalue weighted by Crippen LogP contribution is -1.92. The van der Waals surface area contributed by atoms with E-state index in [2.05, 4.69) is 4.98 Å². The number of furan rings is 1. The number of aromatic nitrogens is 1. The minimum Gasteiger partial charge on any atom is -0.461 e. The van der Waals surface area contributed by atoms with Crippen LogP contribution in [-0.4, -0.2) is 4.98 Å². The maximum Gasteiger partial charge on any atom is 0.416 e. The lowest BCUT2D eigenvalue weighted by Gasteiger charge is -1.83. The van der Waals surface area contributed by atoms with Gasteiger partial charge in [0.1, 0.15) is 0 Å². The molecule has 4 heteroatoms. The monoisotopic (exact) mass is 151 g/mol. The summed E-state index contributed by atoms with van der Waals surface area (Å²) >= 11 is 0. The van der Waals surface area contributed by atoms with Crippen LogP contribution in [0.1, 0.15) is 0 Å². The summed E-state index contributed by atoms with van der Waals surface area (Å²) in [6.45, 7) is 0. The number of aromatic amines is 1. The van der Waals surface area contributed by atoms with Crippen molar-refractivity contribution in [2.45, 2.75) is 0 Å². The molecule has 0 amide bonds. The highest BCUT2D eigenvalue weighted by atomic mass is 16.4. The molecule has 0 atom stereocenters. The molecule has 0 aliphatic heterocycles. The summed E-state index contributed by atoms with van der Waals surface area (Å²) in [5.41, 5.74) is 0. The van der Waals surface area contributed by atoms with Gasteiger partial charge >= 0.3 is 5.76 Å². The van der Waals surface area contributed by atoms with Gasteiger partial charge in [-0.15, -0.1) is 0 Å². The van der Waals surface area contributed by atoms with Crippen molar-refractivity contribution in [3.63, 3.8) is 0 Å². The zero-order chi connectivity index (χ0) is 7.68. The van der Waals surface area contributed by atoms with Crippen molar-refractivity contribution in [3.8, 4) is 11.5 Å². The molecular formula is C7H5NO3. The minimum absolute atomic E-state index is 0.417. The van der Waals surface area contributed by atoms with Gasteiger partial charge in [-0.25, -0.2) is 4.79 Å². The van der Waals surface area contributed by atoms with Crippen LogP contribution in [0.25, 0.3) is 11.5 Å². The summed E-state index contributed by atoms with van der Waals surface area (Å²) in [6, 6.07) is 3.44. The zero-order valence-corrected chi connectivity index (χ0v) is 5.53.